The van der Waals surface area contributed by atoms with Crippen molar-refractivity contribution < 1.29 is 0 Å². The second kappa shape index (κ2) is 4.92. The third-order valence-corrected chi connectivity index (χ3v) is 5.06. The van der Waals surface area contributed by atoms with Crippen molar-refractivity contribution in [3.8, 4) is 0 Å². The molecule has 0 fully saturated rings. The lowest BCUT2D eigenvalue weighted by Gasteiger charge is -2.38. The predicted octanol–water partition coefficient (Wildman–Crippen LogP) is 5.47. The van der Waals surface area contributed by atoms with E-state index >= 15 is 0 Å². The van der Waals surface area contributed by atoms with Gasteiger partial charge in [-0.05, 0) is 36.5 Å². The number of anilines is 1. The Morgan fingerprint density at radius 2 is 2.00 bits per heavy atom. The Morgan fingerprint density at radius 1 is 1.14 bits per heavy atom. The standard InChI is InChI=1S/C19H18ClN/c1-12-5-2-6-13(11-12)18-15-8-3-7-14(15)16-9-4-10-17(20)19(16)21-18/h2-7,9-11,14-15,18,21H,8H2,1H3. The van der Waals surface area contributed by atoms with E-state index < -0.39 is 0 Å². The lowest BCUT2D eigenvalue weighted by molar-refractivity contribution is 0.425. The molecule has 1 nitrogen and oxygen atoms in total. The van der Waals surface area contributed by atoms with E-state index in [-0.39, 0.29) is 0 Å². The van der Waals surface area contributed by atoms with Crippen LogP contribution in [0.15, 0.2) is 54.6 Å². The van der Waals surface area contributed by atoms with Crippen molar-refractivity contribution in [3.63, 3.8) is 0 Å². The van der Waals surface area contributed by atoms with Gasteiger partial charge in [0.05, 0.1) is 16.8 Å². The Bertz CT molecular complexity index is 719. The Morgan fingerprint density at radius 3 is 2.86 bits per heavy atom. The molecule has 1 aliphatic carbocycles. The van der Waals surface area contributed by atoms with Gasteiger partial charge in [0.15, 0.2) is 0 Å². The third-order valence-electron chi connectivity index (χ3n) is 4.75. The molecule has 1 heterocycles. The van der Waals surface area contributed by atoms with Crippen molar-refractivity contribution in [2.75, 3.05) is 5.32 Å². The number of hydrogen-bond donors (Lipinski definition) is 1. The van der Waals surface area contributed by atoms with Crippen LogP contribution in [-0.4, -0.2) is 0 Å². The fourth-order valence-corrected chi connectivity index (χ4v) is 4.01. The van der Waals surface area contributed by atoms with Gasteiger partial charge in [-0.1, -0.05) is 65.7 Å². The van der Waals surface area contributed by atoms with Crippen LogP contribution in [0, 0.1) is 12.8 Å². The largest absolute Gasteiger partial charge is 0.376 e. The zero-order chi connectivity index (χ0) is 14.4. The molecule has 0 bridgehead atoms. The highest BCUT2D eigenvalue weighted by molar-refractivity contribution is 6.33. The lowest BCUT2D eigenvalue weighted by Crippen LogP contribution is -2.29. The molecule has 0 saturated carbocycles. The van der Waals surface area contributed by atoms with Gasteiger partial charge in [-0.3, -0.25) is 0 Å². The highest BCUT2D eigenvalue weighted by Gasteiger charge is 2.38. The highest BCUT2D eigenvalue weighted by atomic mass is 35.5. The van der Waals surface area contributed by atoms with Gasteiger partial charge in [-0.2, -0.15) is 0 Å². The third kappa shape index (κ3) is 2.08. The second-order valence-corrected chi connectivity index (χ2v) is 6.50. The summed E-state index contributed by atoms with van der Waals surface area (Å²) in [4.78, 5) is 0. The normalized spacial score (nSPS) is 26.1. The van der Waals surface area contributed by atoms with Crippen molar-refractivity contribution in [2.24, 2.45) is 5.92 Å². The molecule has 2 aliphatic rings. The van der Waals surface area contributed by atoms with Crippen LogP contribution in [0.3, 0.4) is 0 Å². The fourth-order valence-electron chi connectivity index (χ4n) is 3.78. The van der Waals surface area contributed by atoms with Gasteiger partial charge in [0.2, 0.25) is 0 Å². The van der Waals surface area contributed by atoms with Crippen molar-refractivity contribution >= 4 is 17.3 Å². The molecule has 2 aromatic carbocycles. The predicted molar refractivity (Wildman–Crippen MR) is 89.0 cm³/mol. The zero-order valence-corrected chi connectivity index (χ0v) is 12.8. The molecule has 106 valence electrons. The number of allylic oxidation sites excluding steroid dienone is 2. The van der Waals surface area contributed by atoms with E-state index in [4.69, 9.17) is 11.6 Å². The summed E-state index contributed by atoms with van der Waals surface area (Å²) in [5, 5.41) is 4.53. The minimum atomic E-state index is 0.331. The SMILES string of the molecule is Cc1cccc(C2Nc3c(Cl)cccc3C3C=CCC32)c1. The highest BCUT2D eigenvalue weighted by Crippen LogP contribution is 2.51. The van der Waals surface area contributed by atoms with Crippen LogP contribution in [0.5, 0.6) is 0 Å². The average Bonchev–Trinajstić information content (AvgIpc) is 2.96. The quantitative estimate of drug-likeness (QED) is 0.687. The van der Waals surface area contributed by atoms with Crippen LogP contribution in [0.2, 0.25) is 5.02 Å². The summed E-state index contributed by atoms with van der Waals surface area (Å²) in [7, 11) is 0. The van der Waals surface area contributed by atoms with E-state index in [9.17, 15) is 0 Å². The van der Waals surface area contributed by atoms with Crippen LogP contribution in [-0.2, 0) is 0 Å². The van der Waals surface area contributed by atoms with E-state index in [1.54, 1.807) is 0 Å². The number of rotatable bonds is 1. The molecule has 3 unspecified atom stereocenters. The number of halogens is 1. The number of nitrogens with one attached hydrogen (secondary N) is 1. The monoisotopic (exact) mass is 295 g/mol. The molecular formula is C19H18ClN. The molecule has 4 rings (SSSR count). The Labute approximate surface area is 130 Å². The summed E-state index contributed by atoms with van der Waals surface area (Å²) in [6.45, 7) is 2.15. The smallest absolute Gasteiger partial charge is 0.0640 e. The Kier molecular flexibility index (Phi) is 3.04. The molecule has 3 atom stereocenters. The van der Waals surface area contributed by atoms with E-state index in [2.05, 4.69) is 60.8 Å². The number of hydrogen-bond acceptors (Lipinski definition) is 1. The average molecular weight is 296 g/mol. The Balaban J connectivity index is 1.83. The van der Waals surface area contributed by atoms with Crippen molar-refractivity contribution in [3.05, 3.63) is 76.3 Å². The van der Waals surface area contributed by atoms with Gasteiger partial charge in [0, 0.05) is 5.92 Å². The number of fused-ring (bicyclic) bond motifs is 3. The maximum atomic E-state index is 6.43. The molecule has 2 aromatic rings. The number of aryl methyl sites for hydroxylation is 1. The molecule has 1 N–H and O–H groups in total. The van der Waals surface area contributed by atoms with Crippen LogP contribution in [0.4, 0.5) is 5.69 Å². The molecule has 0 spiro atoms. The van der Waals surface area contributed by atoms with Gasteiger partial charge in [0.25, 0.3) is 0 Å². The van der Waals surface area contributed by atoms with E-state index in [1.807, 2.05) is 6.07 Å². The maximum absolute atomic E-state index is 6.43. The summed E-state index contributed by atoms with van der Waals surface area (Å²) >= 11 is 6.43. The van der Waals surface area contributed by atoms with Crippen molar-refractivity contribution in [1.82, 2.24) is 0 Å². The van der Waals surface area contributed by atoms with Crippen LogP contribution in [0.1, 0.15) is 35.1 Å². The molecule has 0 radical (unpaired) electrons. The second-order valence-electron chi connectivity index (χ2n) is 6.09. The van der Waals surface area contributed by atoms with E-state index in [1.165, 1.54) is 16.7 Å². The molecule has 0 amide bonds. The summed E-state index contributed by atoms with van der Waals surface area (Å²) < 4.78 is 0. The van der Waals surface area contributed by atoms with Crippen LogP contribution in [0.25, 0.3) is 0 Å². The molecule has 0 aromatic heterocycles. The minimum Gasteiger partial charge on any atom is -0.376 e. The summed E-state index contributed by atoms with van der Waals surface area (Å²) in [5.41, 5.74) is 5.12. The van der Waals surface area contributed by atoms with Gasteiger partial charge in [-0.25, -0.2) is 0 Å². The first-order valence-electron chi connectivity index (χ1n) is 7.52. The number of para-hydroxylation sites is 1. The van der Waals surface area contributed by atoms with Crippen LogP contribution < -0.4 is 5.32 Å². The summed E-state index contributed by atoms with van der Waals surface area (Å²) in [6.07, 6.45) is 5.79. The van der Waals surface area contributed by atoms with Gasteiger partial charge in [-0.15, -0.1) is 0 Å². The topological polar surface area (TPSA) is 12.0 Å². The maximum Gasteiger partial charge on any atom is 0.0640 e. The first-order valence-corrected chi connectivity index (χ1v) is 7.90. The molecule has 2 heteroatoms. The summed E-state index contributed by atoms with van der Waals surface area (Å²) in [6, 6.07) is 15.4. The van der Waals surface area contributed by atoms with Gasteiger partial charge < -0.3 is 5.32 Å². The molecule has 0 saturated heterocycles. The Hall–Kier alpha value is -1.73. The van der Waals surface area contributed by atoms with Crippen molar-refractivity contribution in [2.45, 2.75) is 25.3 Å². The van der Waals surface area contributed by atoms with Crippen molar-refractivity contribution in [1.29, 1.82) is 0 Å². The van der Waals surface area contributed by atoms with Crippen LogP contribution >= 0.6 is 11.6 Å². The summed E-state index contributed by atoms with van der Waals surface area (Å²) in [5.74, 6) is 1.06. The first kappa shape index (κ1) is 13.0. The van der Waals surface area contributed by atoms with E-state index in [0.29, 0.717) is 17.9 Å². The lowest BCUT2D eigenvalue weighted by atomic mass is 9.77. The first-order chi connectivity index (χ1) is 10.2. The number of benzene rings is 2. The molecule has 21 heavy (non-hydrogen) atoms. The fraction of sp³-hybridized carbons (Fsp3) is 0.263. The van der Waals surface area contributed by atoms with Gasteiger partial charge >= 0.3 is 0 Å². The molecular weight excluding hydrogens is 278 g/mol. The van der Waals surface area contributed by atoms with E-state index in [0.717, 1.165) is 17.1 Å². The minimum absolute atomic E-state index is 0.331. The zero-order valence-electron chi connectivity index (χ0n) is 12.0. The molecule has 1 aliphatic heterocycles. The van der Waals surface area contributed by atoms with Gasteiger partial charge in [0.1, 0.15) is 0 Å².